The largest absolute Gasteiger partial charge is 0.403 e. The van der Waals surface area contributed by atoms with Crippen LogP contribution >= 0.6 is 11.8 Å². The van der Waals surface area contributed by atoms with E-state index in [1.165, 1.54) is 0 Å². The molecule has 0 atom stereocenters. The van der Waals surface area contributed by atoms with Gasteiger partial charge >= 0.3 is 0 Å². The summed E-state index contributed by atoms with van der Waals surface area (Å²) in [5.41, 5.74) is 17.3. The summed E-state index contributed by atoms with van der Waals surface area (Å²) in [6.07, 6.45) is 1.39. The number of nitrogens with two attached hydrogens (primary N) is 3. The number of nitrogens with one attached hydrogen (secondary N) is 2. The lowest BCUT2D eigenvalue weighted by Gasteiger charge is -2.11. The summed E-state index contributed by atoms with van der Waals surface area (Å²) in [6, 6.07) is 0. The van der Waals surface area contributed by atoms with Gasteiger partial charge in [-0.15, -0.1) is 11.8 Å². The van der Waals surface area contributed by atoms with Crippen LogP contribution in [0.5, 0.6) is 0 Å². The number of nitrogen functional groups attached to an aromatic ring is 2. The van der Waals surface area contributed by atoms with Crippen LogP contribution in [0.1, 0.15) is 5.56 Å². The Morgan fingerprint density at radius 3 is 2.45 bits per heavy atom. The van der Waals surface area contributed by atoms with Crippen LogP contribution in [-0.4, -0.2) is 40.5 Å². The normalized spacial score (nSPS) is 12.1. The molecule has 22 heavy (non-hydrogen) atoms. The molecule has 0 amide bonds. The first-order chi connectivity index (χ1) is 10.4. The molecule has 8 N–H and O–H groups in total. The second-order valence-corrected chi connectivity index (χ2v) is 4.67. The Balaban J connectivity index is 2.94. The fraction of sp³-hybridized carbons (Fsp3) is 0.273. The zero-order valence-corrected chi connectivity index (χ0v) is 12.5. The van der Waals surface area contributed by atoms with Gasteiger partial charge in [0.1, 0.15) is 16.7 Å². The van der Waals surface area contributed by atoms with Crippen LogP contribution in [-0.2, 0) is 0 Å². The Labute approximate surface area is 129 Å². The van der Waals surface area contributed by atoms with Crippen molar-refractivity contribution in [3.8, 4) is 0 Å². The first-order valence-corrected chi connectivity index (χ1v) is 7.14. The van der Waals surface area contributed by atoms with E-state index in [9.17, 15) is 8.78 Å². The van der Waals surface area contributed by atoms with Gasteiger partial charge in [0.05, 0.1) is 17.8 Å². The van der Waals surface area contributed by atoms with Crippen molar-refractivity contribution >= 4 is 40.6 Å². The van der Waals surface area contributed by atoms with Gasteiger partial charge in [0.15, 0.2) is 0 Å². The van der Waals surface area contributed by atoms with E-state index in [2.05, 4.69) is 20.3 Å². The number of hydrogen-bond acceptors (Lipinski definition) is 9. The molecule has 120 valence electrons. The number of rotatable bonds is 6. The average Bonchev–Trinajstić information content (AvgIpc) is 2.44. The number of aliphatic imine (C=N–C) groups is 1. The van der Waals surface area contributed by atoms with Gasteiger partial charge in [-0.1, -0.05) is 0 Å². The highest BCUT2D eigenvalue weighted by atomic mass is 32.2. The monoisotopic (exact) mass is 330 g/mol. The van der Waals surface area contributed by atoms with E-state index < -0.39 is 13.0 Å². The summed E-state index contributed by atoms with van der Waals surface area (Å²) in [6.45, 7) is -0.645. The van der Waals surface area contributed by atoms with Crippen molar-refractivity contribution in [2.75, 3.05) is 29.6 Å². The lowest BCUT2D eigenvalue weighted by Crippen LogP contribution is -2.14. The Hall–Kier alpha value is -2.43. The summed E-state index contributed by atoms with van der Waals surface area (Å²) < 4.78 is 24.0. The average molecular weight is 330 g/mol. The van der Waals surface area contributed by atoms with Crippen molar-refractivity contribution in [3.05, 3.63) is 17.5 Å². The molecule has 0 aliphatic carbocycles. The summed E-state index contributed by atoms with van der Waals surface area (Å²) in [5.74, 6) is 0.0679. The van der Waals surface area contributed by atoms with Crippen molar-refractivity contribution in [2.45, 2.75) is 6.43 Å². The number of hydrogen-bond donors (Lipinski definition) is 5. The van der Waals surface area contributed by atoms with E-state index in [-0.39, 0.29) is 33.9 Å². The predicted molar refractivity (Wildman–Crippen MR) is 86.5 cm³/mol. The van der Waals surface area contributed by atoms with Crippen molar-refractivity contribution in [2.24, 2.45) is 10.7 Å². The van der Waals surface area contributed by atoms with Gasteiger partial charge in [0.2, 0.25) is 5.95 Å². The van der Waals surface area contributed by atoms with Crippen LogP contribution in [0.3, 0.4) is 0 Å². The topological polar surface area (TPSA) is 152 Å². The molecule has 0 spiro atoms. The third-order valence-corrected chi connectivity index (χ3v) is 2.92. The molecular formula is C11H16F2N8S. The maximum absolute atomic E-state index is 12.0. The molecule has 0 radical (unpaired) electrons. The molecule has 1 rings (SSSR count). The lowest BCUT2D eigenvalue weighted by molar-refractivity contribution is 0.159. The number of aromatic nitrogens is 2. The molecule has 0 saturated carbocycles. The van der Waals surface area contributed by atoms with Crippen molar-refractivity contribution in [1.29, 1.82) is 5.41 Å². The number of nitrogens with zero attached hydrogens (tertiary/aromatic N) is 3. The lowest BCUT2D eigenvalue weighted by atomic mass is 10.3. The van der Waals surface area contributed by atoms with Gasteiger partial charge in [0.25, 0.3) is 6.43 Å². The fourth-order valence-electron chi connectivity index (χ4n) is 1.36. The first kappa shape index (κ1) is 17.6. The fourth-order valence-corrected chi connectivity index (χ4v) is 1.78. The minimum atomic E-state index is -2.55. The molecule has 0 aromatic carbocycles. The molecular weight excluding hydrogens is 314 g/mol. The zero-order chi connectivity index (χ0) is 16.7. The van der Waals surface area contributed by atoms with Crippen molar-refractivity contribution < 1.29 is 8.78 Å². The summed E-state index contributed by atoms with van der Waals surface area (Å²) in [4.78, 5) is 11.4. The van der Waals surface area contributed by atoms with Gasteiger partial charge in [-0.25, -0.2) is 8.78 Å². The maximum atomic E-state index is 12.0. The minimum Gasteiger partial charge on any atom is -0.403 e. The molecule has 1 aromatic rings. The first-order valence-electron chi connectivity index (χ1n) is 5.91. The van der Waals surface area contributed by atoms with Crippen molar-refractivity contribution in [3.63, 3.8) is 0 Å². The van der Waals surface area contributed by atoms with Crippen molar-refractivity contribution in [1.82, 2.24) is 9.97 Å². The van der Waals surface area contributed by atoms with Gasteiger partial charge in [0, 0.05) is 12.4 Å². The van der Waals surface area contributed by atoms with Crippen LogP contribution in [0.2, 0.25) is 0 Å². The molecule has 1 aromatic heterocycles. The molecule has 0 aliphatic heterocycles. The van der Waals surface area contributed by atoms with E-state index in [1.807, 2.05) is 0 Å². The van der Waals surface area contributed by atoms with E-state index in [0.717, 1.165) is 24.2 Å². The number of alkyl halides is 2. The van der Waals surface area contributed by atoms with Crippen LogP contribution in [0.4, 0.5) is 26.4 Å². The van der Waals surface area contributed by atoms with Crippen LogP contribution in [0.25, 0.3) is 0 Å². The molecule has 0 saturated heterocycles. The predicted octanol–water partition coefficient (Wildman–Crippen LogP) is 0.877. The number of halogens is 2. The third kappa shape index (κ3) is 4.84. The van der Waals surface area contributed by atoms with Crippen LogP contribution < -0.4 is 22.5 Å². The highest BCUT2D eigenvalue weighted by Gasteiger charge is 2.14. The molecule has 0 bridgehead atoms. The Morgan fingerprint density at radius 2 is 2.00 bits per heavy atom. The van der Waals surface area contributed by atoms with E-state index in [0.29, 0.717) is 0 Å². The number of thioether (sulfide) groups is 1. The van der Waals surface area contributed by atoms with Crippen LogP contribution in [0.15, 0.2) is 16.9 Å². The van der Waals surface area contributed by atoms with Gasteiger partial charge < -0.3 is 22.5 Å². The molecule has 0 aliphatic rings. The Morgan fingerprint density at radius 1 is 1.41 bits per heavy atom. The van der Waals surface area contributed by atoms with E-state index in [4.69, 9.17) is 22.6 Å². The highest BCUT2D eigenvalue weighted by Crippen LogP contribution is 2.22. The smallest absolute Gasteiger partial charge is 0.257 e. The number of allylic oxidation sites excluding steroid dienone is 1. The standard InChI is InChI=1S/C11H16F2N8S/c1-22-10(17)7-8(15)20-11(21-9(7)16)19-5(2-14)3-18-4-6(12)13/h2-3,6,17H,4,14H2,1H3,(H5,15,16,19,20,21). The second kappa shape index (κ2) is 8.12. The van der Waals surface area contributed by atoms with Gasteiger partial charge in [-0.2, -0.15) is 9.97 Å². The zero-order valence-electron chi connectivity index (χ0n) is 11.7. The molecule has 8 nitrogen and oxygen atoms in total. The summed E-state index contributed by atoms with van der Waals surface area (Å²) in [7, 11) is 0. The molecule has 0 unspecified atom stereocenters. The van der Waals surface area contributed by atoms with E-state index in [1.54, 1.807) is 6.26 Å². The van der Waals surface area contributed by atoms with E-state index >= 15 is 0 Å². The Bertz CT molecular complexity index is 579. The second-order valence-electron chi connectivity index (χ2n) is 3.86. The van der Waals surface area contributed by atoms with Gasteiger partial charge in [-0.05, 0) is 6.26 Å². The molecule has 0 fully saturated rings. The SMILES string of the molecule is CSC(=N)c1c(N)nc(NC(C=NCC(F)F)=CN)nc1N. The minimum absolute atomic E-state index is 0.0212. The Kier molecular flexibility index (Phi) is 6.50. The highest BCUT2D eigenvalue weighted by molar-refractivity contribution is 8.13. The molecule has 1 heterocycles. The maximum Gasteiger partial charge on any atom is 0.257 e. The summed E-state index contributed by atoms with van der Waals surface area (Å²) >= 11 is 1.14. The van der Waals surface area contributed by atoms with Gasteiger partial charge in [-0.3, -0.25) is 10.4 Å². The summed E-state index contributed by atoms with van der Waals surface area (Å²) in [5, 5.41) is 10.5. The quantitative estimate of drug-likeness (QED) is 0.383. The number of anilines is 3. The van der Waals surface area contributed by atoms with Crippen LogP contribution in [0, 0.1) is 5.41 Å². The molecule has 11 heteroatoms. The third-order valence-electron chi connectivity index (χ3n) is 2.31.